The molecule has 8 nitrogen and oxygen atoms in total. The fourth-order valence-corrected chi connectivity index (χ4v) is 5.39. The summed E-state index contributed by atoms with van der Waals surface area (Å²) >= 11 is 0. The van der Waals surface area contributed by atoms with Gasteiger partial charge in [-0.05, 0) is 17.7 Å². The van der Waals surface area contributed by atoms with E-state index in [-0.39, 0.29) is 23.8 Å². The predicted molar refractivity (Wildman–Crippen MR) is 113 cm³/mol. The van der Waals surface area contributed by atoms with Gasteiger partial charge in [0, 0.05) is 62.8 Å². The number of hydrogen-bond acceptors (Lipinski definition) is 6. The highest BCUT2D eigenvalue weighted by Gasteiger charge is 2.55. The zero-order chi connectivity index (χ0) is 21.8. The molecule has 3 atom stereocenters. The van der Waals surface area contributed by atoms with E-state index in [0.717, 1.165) is 39.3 Å². The maximum atomic E-state index is 13.0. The zero-order valence-electron chi connectivity index (χ0n) is 17.1. The van der Waals surface area contributed by atoms with Gasteiger partial charge in [-0.2, -0.15) is 5.26 Å². The number of aromatic nitrogens is 1. The summed E-state index contributed by atoms with van der Waals surface area (Å²) in [5, 5.41) is 19.2. The third-order valence-electron chi connectivity index (χ3n) is 6.57. The molecule has 4 aliphatic heterocycles. The van der Waals surface area contributed by atoms with Gasteiger partial charge in [-0.15, -0.1) is 0 Å². The lowest BCUT2D eigenvalue weighted by molar-refractivity contribution is -0.122. The summed E-state index contributed by atoms with van der Waals surface area (Å²) in [5.74, 6) is 0.300. The second-order valence-corrected chi connectivity index (χ2v) is 8.35. The minimum atomic E-state index is -0.250. The van der Waals surface area contributed by atoms with E-state index in [1.165, 1.54) is 11.8 Å². The lowest BCUT2D eigenvalue weighted by atomic mass is 9.64. The van der Waals surface area contributed by atoms with Gasteiger partial charge in [-0.1, -0.05) is 30.3 Å². The number of nitrogens with zero attached hydrogens (tertiary/aromatic N) is 4. The van der Waals surface area contributed by atoms with Crippen LogP contribution in [0.2, 0.25) is 0 Å². The van der Waals surface area contributed by atoms with Crippen LogP contribution < -0.4 is 5.32 Å². The van der Waals surface area contributed by atoms with Gasteiger partial charge in [-0.25, -0.2) is 4.98 Å². The Morgan fingerprint density at radius 2 is 1.81 bits per heavy atom. The second-order valence-electron chi connectivity index (χ2n) is 8.35. The SMILES string of the molecule is N#Cc1ccc(C(=O)NC2C3CN4CCN(C3)CC2(c2ccccc2)C4)cn1.O=CO. The van der Waals surface area contributed by atoms with Gasteiger partial charge in [0.25, 0.3) is 12.4 Å². The van der Waals surface area contributed by atoms with Crippen molar-refractivity contribution in [2.45, 2.75) is 11.5 Å². The van der Waals surface area contributed by atoms with Gasteiger partial charge in [0.05, 0.1) is 5.56 Å². The summed E-state index contributed by atoms with van der Waals surface area (Å²) in [6, 6.07) is 16.0. The number of pyridine rings is 1. The Labute approximate surface area is 181 Å². The lowest BCUT2D eigenvalue weighted by Gasteiger charge is -2.55. The zero-order valence-corrected chi connectivity index (χ0v) is 17.1. The summed E-state index contributed by atoms with van der Waals surface area (Å²) < 4.78 is 0. The molecule has 6 rings (SSSR count). The molecule has 1 aromatic carbocycles. The van der Waals surface area contributed by atoms with Crippen molar-refractivity contribution in [3.63, 3.8) is 0 Å². The van der Waals surface area contributed by atoms with E-state index in [1.807, 2.05) is 6.07 Å². The molecule has 0 saturated carbocycles. The standard InChI is InChI=1S/C22H23N5O.CH2O2/c23-10-19-7-6-16(11-24-19)21(28)25-20-17-12-26-8-9-27(13-17)15-22(20,14-26)18-4-2-1-3-5-18;2-1-3/h1-7,11,17,20H,8-9,12-15H2,(H,25,28);1H,(H,2,3). The maximum absolute atomic E-state index is 13.0. The molecule has 0 radical (unpaired) electrons. The van der Waals surface area contributed by atoms with E-state index in [9.17, 15) is 4.79 Å². The third kappa shape index (κ3) is 4.02. The van der Waals surface area contributed by atoms with E-state index >= 15 is 0 Å². The molecular weight excluding hydrogens is 394 g/mol. The van der Waals surface area contributed by atoms with Gasteiger partial charge < -0.3 is 20.2 Å². The van der Waals surface area contributed by atoms with Crippen LogP contribution in [-0.2, 0) is 10.2 Å². The van der Waals surface area contributed by atoms with Gasteiger partial charge in [-0.3, -0.25) is 9.59 Å². The van der Waals surface area contributed by atoms with Crippen molar-refractivity contribution in [2.75, 3.05) is 39.3 Å². The Hall–Kier alpha value is -3.28. The number of nitrogens with one attached hydrogen (secondary N) is 1. The number of amides is 1. The number of piperidine rings is 2. The molecule has 2 aromatic rings. The number of carbonyl (C=O) groups is 2. The minimum absolute atomic E-state index is 0.0867. The first-order chi connectivity index (χ1) is 15.1. The van der Waals surface area contributed by atoms with Crippen LogP contribution in [0, 0.1) is 17.2 Å². The molecule has 1 aromatic heterocycles. The fourth-order valence-electron chi connectivity index (χ4n) is 5.39. The van der Waals surface area contributed by atoms with E-state index in [2.05, 4.69) is 50.4 Å². The van der Waals surface area contributed by atoms with Gasteiger partial charge >= 0.3 is 0 Å². The summed E-state index contributed by atoms with van der Waals surface area (Å²) in [4.78, 5) is 30.6. The van der Waals surface area contributed by atoms with Gasteiger partial charge in [0.2, 0.25) is 0 Å². The van der Waals surface area contributed by atoms with E-state index in [1.54, 1.807) is 12.1 Å². The van der Waals surface area contributed by atoms with E-state index in [4.69, 9.17) is 15.2 Å². The Kier molecular flexibility index (Phi) is 5.98. The first-order valence-electron chi connectivity index (χ1n) is 10.3. The average Bonchev–Trinajstić information content (AvgIpc) is 3.05. The first kappa shape index (κ1) is 21.0. The molecule has 31 heavy (non-hydrogen) atoms. The topological polar surface area (TPSA) is 110 Å². The molecule has 2 N–H and O–H groups in total. The van der Waals surface area contributed by atoms with Crippen molar-refractivity contribution in [3.8, 4) is 6.07 Å². The number of carbonyl (C=O) groups excluding carboxylic acids is 1. The molecular formula is C23H25N5O3. The molecule has 160 valence electrons. The molecule has 4 bridgehead atoms. The normalized spacial score (nSPS) is 30.3. The van der Waals surface area contributed by atoms with Crippen molar-refractivity contribution in [2.24, 2.45) is 5.92 Å². The van der Waals surface area contributed by atoms with Crippen molar-refractivity contribution < 1.29 is 14.7 Å². The molecule has 4 aliphatic rings. The van der Waals surface area contributed by atoms with Crippen LogP contribution in [0.3, 0.4) is 0 Å². The molecule has 8 heteroatoms. The highest BCUT2D eigenvalue weighted by molar-refractivity contribution is 5.94. The highest BCUT2D eigenvalue weighted by atomic mass is 16.3. The first-order valence-corrected chi connectivity index (χ1v) is 10.3. The van der Waals surface area contributed by atoms with E-state index in [0.29, 0.717) is 17.2 Å². The molecule has 0 spiro atoms. The maximum Gasteiger partial charge on any atom is 0.290 e. The third-order valence-corrected chi connectivity index (χ3v) is 6.57. The van der Waals surface area contributed by atoms with Gasteiger partial charge in [0.1, 0.15) is 11.8 Å². The fraction of sp³-hybridized carbons (Fsp3) is 0.391. The average molecular weight is 419 g/mol. The van der Waals surface area contributed by atoms with Crippen LogP contribution in [0.4, 0.5) is 0 Å². The van der Waals surface area contributed by atoms with E-state index < -0.39 is 0 Å². The number of nitriles is 1. The number of rotatable bonds is 3. The van der Waals surface area contributed by atoms with Crippen LogP contribution in [0.15, 0.2) is 48.7 Å². The Morgan fingerprint density at radius 3 is 2.35 bits per heavy atom. The van der Waals surface area contributed by atoms with Gasteiger partial charge in [0.15, 0.2) is 0 Å². The monoisotopic (exact) mass is 419 g/mol. The minimum Gasteiger partial charge on any atom is -0.483 e. The van der Waals surface area contributed by atoms with Crippen LogP contribution in [0.5, 0.6) is 0 Å². The van der Waals surface area contributed by atoms with Crippen molar-refractivity contribution in [1.82, 2.24) is 20.1 Å². The number of benzene rings is 1. The molecule has 3 unspecified atom stereocenters. The van der Waals surface area contributed by atoms with Crippen LogP contribution in [0.1, 0.15) is 21.6 Å². The van der Waals surface area contributed by atoms with Crippen molar-refractivity contribution in [3.05, 3.63) is 65.5 Å². The Morgan fingerprint density at radius 1 is 1.16 bits per heavy atom. The molecule has 5 heterocycles. The molecule has 0 aliphatic carbocycles. The Bertz CT molecular complexity index is 957. The van der Waals surface area contributed by atoms with Crippen molar-refractivity contribution in [1.29, 1.82) is 5.26 Å². The quantitative estimate of drug-likeness (QED) is 0.713. The van der Waals surface area contributed by atoms with Crippen LogP contribution in [0.25, 0.3) is 0 Å². The lowest BCUT2D eigenvalue weighted by Crippen LogP contribution is -2.70. The number of hydrogen-bond donors (Lipinski definition) is 2. The summed E-state index contributed by atoms with van der Waals surface area (Å²) in [5.41, 5.74) is 2.03. The highest BCUT2D eigenvalue weighted by Crippen LogP contribution is 2.43. The number of carboxylic acid groups (broad SMARTS) is 1. The summed E-state index contributed by atoms with van der Waals surface area (Å²) in [6.07, 6.45) is 1.50. The second kappa shape index (κ2) is 8.84. The summed E-state index contributed by atoms with van der Waals surface area (Å²) in [6.45, 7) is 5.96. The number of fused-ring (bicyclic) bond motifs is 1. The largest absolute Gasteiger partial charge is 0.483 e. The molecule has 1 amide bonds. The Balaban J connectivity index is 0.000000730. The van der Waals surface area contributed by atoms with Crippen molar-refractivity contribution >= 4 is 12.4 Å². The predicted octanol–water partition coefficient (Wildman–Crippen LogP) is 0.951. The molecule has 4 saturated heterocycles. The molecule has 4 fully saturated rings. The van der Waals surface area contributed by atoms with Crippen LogP contribution in [-0.4, -0.2) is 77.6 Å². The summed E-state index contributed by atoms with van der Waals surface area (Å²) in [7, 11) is 0. The smallest absolute Gasteiger partial charge is 0.290 e. The van der Waals surface area contributed by atoms with Crippen LogP contribution >= 0.6 is 0 Å².